The van der Waals surface area contributed by atoms with E-state index in [9.17, 15) is 0 Å². The van der Waals surface area contributed by atoms with E-state index < -0.39 is 0 Å². The number of rotatable bonds is 4. The highest BCUT2D eigenvalue weighted by atomic mass is 16.5. The van der Waals surface area contributed by atoms with Gasteiger partial charge in [-0.3, -0.25) is 4.90 Å². The first-order valence-electron chi connectivity index (χ1n) is 4.94. The maximum atomic E-state index is 5.37. The number of nitrogens with zero attached hydrogens (tertiary/aromatic N) is 1. The number of ether oxygens (including phenoxy) is 1. The van der Waals surface area contributed by atoms with Gasteiger partial charge in [0, 0.05) is 32.8 Å². The molecular weight excluding hydrogens is 152 g/mol. The van der Waals surface area contributed by atoms with Crippen molar-refractivity contribution in [2.24, 2.45) is 0 Å². The van der Waals surface area contributed by atoms with E-state index in [0.29, 0.717) is 0 Å². The fraction of sp³-hybridized carbons (Fsp3) is 1.00. The highest BCUT2D eigenvalue weighted by Gasteiger charge is 2.07. The Balaban J connectivity index is 2.04. The Morgan fingerprint density at radius 2 is 2.25 bits per heavy atom. The molecule has 0 aliphatic carbocycles. The smallest absolute Gasteiger partial charge is 0.0593 e. The molecule has 0 atom stereocenters. The largest absolute Gasteiger partial charge is 0.380 e. The molecule has 0 radical (unpaired) electrons. The Morgan fingerprint density at radius 3 is 3.08 bits per heavy atom. The van der Waals surface area contributed by atoms with Crippen LogP contribution in [0.2, 0.25) is 0 Å². The highest BCUT2D eigenvalue weighted by Crippen LogP contribution is 1.97. The SMILES string of the molecule is CCNCCN1CCCOCC1. The number of nitrogens with one attached hydrogen (secondary N) is 1. The third kappa shape index (κ3) is 4.04. The molecule has 1 rings (SSSR count). The molecule has 0 spiro atoms. The number of hydrogen-bond donors (Lipinski definition) is 1. The van der Waals surface area contributed by atoms with Gasteiger partial charge < -0.3 is 10.1 Å². The van der Waals surface area contributed by atoms with Crippen molar-refractivity contribution in [3.8, 4) is 0 Å². The first-order valence-corrected chi connectivity index (χ1v) is 4.94. The van der Waals surface area contributed by atoms with Gasteiger partial charge in [0.05, 0.1) is 6.61 Å². The summed E-state index contributed by atoms with van der Waals surface area (Å²) >= 11 is 0. The highest BCUT2D eigenvalue weighted by molar-refractivity contribution is 4.61. The van der Waals surface area contributed by atoms with E-state index in [4.69, 9.17) is 4.74 Å². The lowest BCUT2D eigenvalue weighted by Crippen LogP contribution is -2.33. The summed E-state index contributed by atoms with van der Waals surface area (Å²) in [7, 11) is 0. The molecule has 0 amide bonds. The topological polar surface area (TPSA) is 24.5 Å². The third-order valence-electron chi connectivity index (χ3n) is 2.17. The second-order valence-electron chi connectivity index (χ2n) is 3.16. The summed E-state index contributed by atoms with van der Waals surface area (Å²) in [6.07, 6.45) is 1.19. The van der Waals surface area contributed by atoms with Crippen molar-refractivity contribution in [3.05, 3.63) is 0 Å². The summed E-state index contributed by atoms with van der Waals surface area (Å²) in [5.74, 6) is 0. The van der Waals surface area contributed by atoms with E-state index in [1.54, 1.807) is 0 Å². The molecular formula is C9H20N2O. The van der Waals surface area contributed by atoms with Gasteiger partial charge in [0.15, 0.2) is 0 Å². The molecule has 1 heterocycles. The van der Waals surface area contributed by atoms with E-state index in [1.165, 1.54) is 13.0 Å². The summed E-state index contributed by atoms with van der Waals surface area (Å²) in [5.41, 5.74) is 0. The Hall–Kier alpha value is -0.120. The van der Waals surface area contributed by atoms with Crippen molar-refractivity contribution >= 4 is 0 Å². The molecule has 3 heteroatoms. The van der Waals surface area contributed by atoms with Crippen LogP contribution in [-0.2, 0) is 4.74 Å². The molecule has 0 bridgehead atoms. The van der Waals surface area contributed by atoms with Gasteiger partial charge in [0.1, 0.15) is 0 Å². The van der Waals surface area contributed by atoms with Crippen LogP contribution in [0.4, 0.5) is 0 Å². The lowest BCUT2D eigenvalue weighted by Gasteiger charge is -2.18. The van der Waals surface area contributed by atoms with Crippen molar-refractivity contribution in [3.63, 3.8) is 0 Å². The van der Waals surface area contributed by atoms with Crippen LogP contribution in [0.15, 0.2) is 0 Å². The summed E-state index contributed by atoms with van der Waals surface area (Å²) in [6, 6.07) is 0. The van der Waals surface area contributed by atoms with E-state index in [1.807, 2.05) is 0 Å². The van der Waals surface area contributed by atoms with Crippen molar-refractivity contribution in [1.29, 1.82) is 0 Å². The predicted molar refractivity (Wildman–Crippen MR) is 50.4 cm³/mol. The van der Waals surface area contributed by atoms with Crippen molar-refractivity contribution in [2.45, 2.75) is 13.3 Å². The first-order chi connectivity index (χ1) is 5.93. The minimum atomic E-state index is 0.909. The van der Waals surface area contributed by atoms with Crippen LogP contribution < -0.4 is 5.32 Å². The average Bonchev–Trinajstić information content (AvgIpc) is 2.33. The van der Waals surface area contributed by atoms with Crippen LogP contribution >= 0.6 is 0 Å². The minimum absolute atomic E-state index is 0.909. The maximum Gasteiger partial charge on any atom is 0.0593 e. The summed E-state index contributed by atoms with van der Waals surface area (Å²) in [5, 5.41) is 3.33. The van der Waals surface area contributed by atoms with Crippen molar-refractivity contribution in [2.75, 3.05) is 45.9 Å². The molecule has 1 fully saturated rings. The molecule has 0 saturated carbocycles. The number of hydrogen-bond acceptors (Lipinski definition) is 3. The van der Waals surface area contributed by atoms with Gasteiger partial charge >= 0.3 is 0 Å². The molecule has 1 N–H and O–H groups in total. The van der Waals surface area contributed by atoms with Crippen molar-refractivity contribution < 1.29 is 4.74 Å². The van der Waals surface area contributed by atoms with Gasteiger partial charge in [-0.25, -0.2) is 0 Å². The zero-order chi connectivity index (χ0) is 8.65. The van der Waals surface area contributed by atoms with E-state index in [-0.39, 0.29) is 0 Å². The van der Waals surface area contributed by atoms with Gasteiger partial charge in [-0.15, -0.1) is 0 Å². The second kappa shape index (κ2) is 6.40. The molecule has 1 saturated heterocycles. The van der Waals surface area contributed by atoms with E-state index in [0.717, 1.165) is 39.4 Å². The Morgan fingerprint density at radius 1 is 1.33 bits per heavy atom. The van der Waals surface area contributed by atoms with Crippen LogP contribution in [0.3, 0.4) is 0 Å². The second-order valence-corrected chi connectivity index (χ2v) is 3.16. The Bertz CT molecular complexity index is 101. The molecule has 72 valence electrons. The summed E-state index contributed by atoms with van der Waals surface area (Å²) in [6.45, 7) is 9.64. The fourth-order valence-electron chi connectivity index (χ4n) is 1.44. The van der Waals surface area contributed by atoms with Crippen LogP contribution in [-0.4, -0.2) is 50.8 Å². The average molecular weight is 172 g/mol. The lowest BCUT2D eigenvalue weighted by molar-refractivity contribution is 0.141. The maximum absolute atomic E-state index is 5.37. The van der Waals surface area contributed by atoms with Crippen LogP contribution in [0.25, 0.3) is 0 Å². The van der Waals surface area contributed by atoms with Crippen LogP contribution in [0, 0.1) is 0 Å². The normalized spacial score (nSPS) is 20.8. The van der Waals surface area contributed by atoms with Gasteiger partial charge in [0.2, 0.25) is 0 Å². The standard InChI is InChI=1S/C9H20N2O/c1-2-10-4-6-11-5-3-8-12-9-7-11/h10H,2-9H2,1H3. The fourth-order valence-corrected chi connectivity index (χ4v) is 1.44. The molecule has 3 nitrogen and oxygen atoms in total. The zero-order valence-electron chi connectivity index (χ0n) is 8.01. The van der Waals surface area contributed by atoms with E-state index in [2.05, 4.69) is 17.1 Å². The zero-order valence-corrected chi connectivity index (χ0v) is 8.01. The Labute approximate surface area is 75.1 Å². The summed E-state index contributed by atoms with van der Waals surface area (Å²) < 4.78 is 5.37. The third-order valence-corrected chi connectivity index (χ3v) is 2.17. The van der Waals surface area contributed by atoms with Gasteiger partial charge in [-0.2, -0.15) is 0 Å². The molecule has 0 aromatic heterocycles. The van der Waals surface area contributed by atoms with Gasteiger partial charge in [-0.05, 0) is 13.0 Å². The van der Waals surface area contributed by atoms with Gasteiger partial charge in [-0.1, -0.05) is 6.92 Å². The lowest BCUT2D eigenvalue weighted by atomic mass is 10.4. The van der Waals surface area contributed by atoms with Crippen LogP contribution in [0.1, 0.15) is 13.3 Å². The monoisotopic (exact) mass is 172 g/mol. The molecule has 1 aliphatic rings. The molecule has 0 aromatic rings. The quantitative estimate of drug-likeness (QED) is 0.618. The minimum Gasteiger partial charge on any atom is -0.380 e. The Kier molecular flexibility index (Phi) is 5.32. The summed E-state index contributed by atoms with van der Waals surface area (Å²) in [4.78, 5) is 2.47. The van der Waals surface area contributed by atoms with Gasteiger partial charge in [0.25, 0.3) is 0 Å². The molecule has 0 aromatic carbocycles. The molecule has 1 aliphatic heterocycles. The predicted octanol–water partition coefficient (Wildman–Crippen LogP) is 0.318. The first kappa shape index (κ1) is 9.96. The molecule has 0 unspecified atom stereocenters. The number of likely N-dealkylation sites (N-methyl/N-ethyl adjacent to an activating group) is 1. The van der Waals surface area contributed by atoms with E-state index >= 15 is 0 Å². The van der Waals surface area contributed by atoms with Crippen LogP contribution in [0.5, 0.6) is 0 Å². The molecule has 12 heavy (non-hydrogen) atoms. The van der Waals surface area contributed by atoms with Crippen molar-refractivity contribution in [1.82, 2.24) is 10.2 Å².